The summed E-state index contributed by atoms with van der Waals surface area (Å²) < 4.78 is 18.5. The number of hydrogen-bond donors (Lipinski definition) is 1. The highest BCUT2D eigenvalue weighted by atomic mass is 19.1. The highest BCUT2D eigenvalue weighted by molar-refractivity contribution is 5.90. The van der Waals surface area contributed by atoms with Gasteiger partial charge in [0.1, 0.15) is 11.4 Å². The molecule has 150 valence electrons. The highest BCUT2D eigenvalue weighted by Gasteiger charge is 2.19. The van der Waals surface area contributed by atoms with Crippen molar-refractivity contribution in [3.63, 3.8) is 0 Å². The van der Waals surface area contributed by atoms with Crippen LogP contribution >= 0.6 is 0 Å². The van der Waals surface area contributed by atoms with E-state index >= 15 is 0 Å². The minimum Gasteiger partial charge on any atom is -0.444 e. The Balaban J connectivity index is 1.89. The molecule has 0 saturated carbocycles. The standard InChI is InChI=1S/C22H27FN2O3/c1-22(2,3)28-21(27)25(4)15-17-8-6-10-19(14-17)24-20(26)12-11-16-7-5-9-18(23)13-16/h5-10,13-14H,11-12,15H2,1-4H3,(H,24,26). The lowest BCUT2D eigenvalue weighted by molar-refractivity contribution is -0.116. The molecule has 0 fully saturated rings. The summed E-state index contributed by atoms with van der Waals surface area (Å²) in [6.07, 6.45) is 0.313. The summed E-state index contributed by atoms with van der Waals surface area (Å²) in [5, 5.41) is 2.84. The van der Waals surface area contributed by atoms with Crippen LogP contribution in [-0.4, -0.2) is 29.5 Å². The summed E-state index contributed by atoms with van der Waals surface area (Å²) >= 11 is 0. The van der Waals surface area contributed by atoms with Crippen LogP contribution in [-0.2, 0) is 22.5 Å². The van der Waals surface area contributed by atoms with Gasteiger partial charge in [0.15, 0.2) is 0 Å². The van der Waals surface area contributed by atoms with Gasteiger partial charge in [0.05, 0.1) is 0 Å². The van der Waals surface area contributed by atoms with Crippen LogP contribution in [0.3, 0.4) is 0 Å². The summed E-state index contributed by atoms with van der Waals surface area (Å²) in [5.74, 6) is -0.457. The van der Waals surface area contributed by atoms with Gasteiger partial charge in [0.2, 0.25) is 5.91 Å². The summed E-state index contributed by atoms with van der Waals surface area (Å²) in [5.41, 5.74) is 1.75. The van der Waals surface area contributed by atoms with Gasteiger partial charge in [-0.2, -0.15) is 0 Å². The average Bonchev–Trinajstić information content (AvgIpc) is 2.59. The Bertz CT molecular complexity index is 831. The molecule has 1 N–H and O–H groups in total. The maximum Gasteiger partial charge on any atom is 0.410 e. The van der Waals surface area contributed by atoms with Gasteiger partial charge in [0, 0.05) is 25.7 Å². The molecule has 0 unspecified atom stereocenters. The fourth-order valence-corrected chi connectivity index (χ4v) is 2.60. The van der Waals surface area contributed by atoms with Gasteiger partial charge in [0.25, 0.3) is 0 Å². The molecule has 0 saturated heterocycles. The number of hydrogen-bond acceptors (Lipinski definition) is 3. The smallest absolute Gasteiger partial charge is 0.410 e. The molecule has 0 aliphatic rings. The molecule has 0 spiro atoms. The molecule has 0 heterocycles. The van der Waals surface area contributed by atoms with Gasteiger partial charge < -0.3 is 15.0 Å². The SMILES string of the molecule is CN(Cc1cccc(NC(=O)CCc2cccc(F)c2)c1)C(=O)OC(C)(C)C. The molecule has 28 heavy (non-hydrogen) atoms. The monoisotopic (exact) mass is 386 g/mol. The summed E-state index contributed by atoms with van der Waals surface area (Å²) in [6.45, 7) is 5.82. The normalized spacial score (nSPS) is 11.0. The molecule has 2 rings (SSSR count). The Morgan fingerprint density at radius 3 is 2.43 bits per heavy atom. The molecule has 2 aromatic carbocycles. The zero-order valence-corrected chi connectivity index (χ0v) is 16.8. The van der Waals surface area contributed by atoms with Crippen molar-refractivity contribution in [3.05, 3.63) is 65.5 Å². The minimum absolute atomic E-state index is 0.151. The van der Waals surface area contributed by atoms with Crippen molar-refractivity contribution in [1.29, 1.82) is 0 Å². The van der Waals surface area contributed by atoms with E-state index < -0.39 is 11.7 Å². The van der Waals surface area contributed by atoms with Crippen molar-refractivity contribution < 1.29 is 18.7 Å². The van der Waals surface area contributed by atoms with Crippen LogP contribution in [0, 0.1) is 5.82 Å². The van der Waals surface area contributed by atoms with Crippen molar-refractivity contribution >= 4 is 17.7 Å². The first-order valence-corrected chi connectivity index (χ1v) is 9.20. The van der Waals surface area contributed by atoms with Gasteiger partial charge in [-0.3, -0.25) is 4.79 Å². The van der Waals surface area contributed by atoms with Crippen LogP contribution in [0.2, 0.25) is 0 Å². The van der Waals surface area contributed by atoms with E-state index in [2.05, 4.69) is 5.32 Å². The number of amides is 2. The van der Waals surface area contributed by atoms with E-state index in [-0.39, 0.29) is 18.1 Å². The molecule has 0 aliphatic carbocycles. The first-order valence-electron chi connectivity index (χ1n) is 9.20. The van der Waals surface area contributed by atoms with Crippen LogP contribution in [0.4, 0.5) is 14.9 Å². The van der Waals surface area contributed by atoms with E-state index in [4.69, 9.17) is 4.74 Å². The van der Waals surface area contributed by atoms with Crippen LogP contribution in [0.5, 0.6) is 0 Å². The number of ether oxygens (including phenoxy) is 1. The lowest BCUT2D eigenvalue weighted by atomic mass is 10.1. The fourth-order valence-electron chi connectivity index (χ4n) is 2.60. The quantitative estimate of drug-likeness (QED) is 0.778. The van der Waals surface area contributed by atoms with Crippen LogP contribution in [0.1, 0.15) is 38.3 Å². The number of carbonyl (C=O) groups is 2. The van der Waals surface area contributed by atoms with Gasteiger partial charge in [-0.25, -0.2) is 9.18 Å². The molecule has 0 bridgehead atoms. The molecule has 0 atom stereocenters. The van der Waals surface area contributed by atoms with E-state index in [0.717, 1.165) is 11.1 Å². The Morgan fingerprint density at radius 2 is 1.75 bits per heavy atom. The molecule has 2 aromatic rings. The number of nitrogens with zero attached hydrogens (tertiary/aromatic N) is 1. The predicted octanol–water partition coefficient (Wildman–Crippen LogP) is 4.76. The first-order chi connectivity index (χ1) is 13.1. The average molecular weight is 386 g/mol. The summed E-state index contributed by atoms with van der Waals surface area (Å²) in [6, 6.07) is 13.5. The lowest BCUT2D eigenvalue weighted by Crippen LogP contribution is -2.33. The molecule has 5 nitrogen and oxygen atoms in total. The van der Waals surface area contributed by atoms with E-state index in [1.165, 1.54) is 17.0 Å². The zero-order chi connectivity index (χ0) is 20.7. The zero-order valence-electron chi connectivity index (χ0n) is 16.8. The highest BCUT2D eigenvalue weighted by Crippen LogP contribution is 2.15. The maximum atomic E-state index is 13.2. The maximum absolute atomic E-state index is 13.2. The number of anilines is 1. The van der Waals surface area contributed by atoms with Crippen molar-refractivity contribution in [2.24, 2.45) is 0 Å². The largest absolute Gasteiger partial charge is 0.444 e. The third kappa shape index (κ3) is 7.39. The number of carbonyl (C=O) groups excluding carboxylic acids is 2. The van der Waals surface area contributed by atoms with Crippen molar-refractivity contribution in [2.45, 2.75) is 45.8 Å². The molecule has 0 radical (unpaired) electrons. The Kier molecular flexibility index (Phi) is 7.15. The second-order valence-electron chi connectivity index (χ2n) is 7.71. The third-order valence-corrected chi connectivity index (χ3v) is 3.87. The van der Waals surface area contributed by atoms with Crippen molar-refractivity contribution in [3.8, 4) is 0 Å². The Labute approximate surface area is 165 Å². The van der Waals surface area contributed by atoms with E-state index in [0.29, 0.717) is 18.7 Å². The van der Waals surface area contributed by atoms with Gasteiger partial charge in [-0.05, 0) is 62.6 Å². The van der Waals surface area contributed by atoms with E-state index in [1.807, 2.05) is 39.0 Å². The van der Waals surface area contributed by atoms with Crippen LogP contribution < -0.4 is 5.32 Å². The Morgan fingerprint density at radius 1 is 1.07 bits per heavy atom. The number of rotatable bonds is 6. The molecular weight excluding hydrogens is 359 g/mol. The molecular formula is C22H27FN2O3. The summed E-state index contributed by atoms with van der Waals surface area (Å²) in [4.78, 5) is 25.7. The molecule has 6 heteroatoms. The second-order valence-corrected chi connectivity index (χ2v) is 7.71. The fraction of sp³-hybridized carbons (Fsp3) is 0.364. The van der Waals surface area contributed by atoms with Crippen molar-refractivity contribution in [1.82, 2.24) is 4.90 Å². The van der Waals surface area contributed by atoms with E-state index in [9.17, 15) is 14.0 Å². The predicted molar refractivity (Wildman–Crippen MR) is 107 cm³/mol. The number of nitrogens with one attached hydrogen (secondary N) is 1. The molecule has 0 aromatic heterocycles. The van der Waals surface area contributed by atoms with Crippen LogP contribution in [0.25, 0.3) is 0 Å². The van der Waals surface area contributed by atoms with Gasteiger partial charge in [-0.15, -0.1) is 0 Å². The van der Waals surface area contributed by atoms with Crippen molar-refractivity contribution in [2.75, 3.05) is 12.4 Å². The van der Waals surface area contributed by atoms with Crippen LogP contribution in [0.15, 0.2) is 48.5 Å². The topological polar surface area (TPSA) is 58.6 Å². The molecule has 2 amide bonds. The number of halogens is 1. The number of aryl methyl sites for hydroxylation is 1. The lowest BCUT2D eigenvalue weighted by Gasteiger charge is -2.24. The number of benzene rings is 2. The minimum atomic E-state index is -0.553. The summed E-state index contributed by atoms with van der Waals surface area (Å²) in [7, 11) is 1.66. The van der Waals surface area contributed by atoms with Gasteiger partial charge in [-0.1, -0.05) is 24.3 Å². The Hall–Kier alpha value is -2.89. The molecule has 0 aliphatic heterocycles. The van der Waals surface area contributed by atoms with Gasteiger partial charge >= 0.3 is 6.09 Å². The third-order valence-electron chi connectivity index (χ3n) is 3.87. The first kappa shape index (κ1) is 21.4. The second kappa shape index (κ2) is 9.35. The van der Waals surface area contributed by atoms with E-state index in [1.54, 1.807) is 25.2 Å².